The lowest BCUT2D eigenvalue weighted by Gasteiger charge is -2.32. The minimum Gasteiger partial charge on any atom is -0.336 e. The maximum atomic E-state index is 13.8. The van der Waals surface area contributed by atoms with Crippen molar-refractivity contribution in [1.82, 2.24) is 4.90 Å². The molecule has 0 aromatic heterocycles. The Morgan fingerprint density at radius 2 is 1.85 bits per heavy atom. The van der Waals surface area contributed by atoms with Gasteiger partial charge in [-0.15, -0.1) is 0 Å². The first-order valence-electron chi connectivity index (χ1n) is 8.98. The molecular formula is C21H22BrFN2O2. The van der Waals surface area contributed by atoms with Crippen LogP contribution in [0.3, 0.4) is 0 Å². The molecule has 0 spiro atoms. The van der Waals surface area contributed by atoms with Crippen molar-refractivity contribution in [2.45, 2.75) is 31.1 Å². The van der Waals surface area contributed by atoms with E-state index in [2.05, 4.69) is 21.2 Å². The van der Waals surface area contributed by atoms with Gasteiger partial charge in [0.05, 0.1) is 17.6 Å². The topological polar surface area (TPSA) is 49.4 Å². The van der Waals surface area contributed by atoms with Gasteiger partial charge in [-0.1, -0.05) is 37.1 Å². The first-order valence-corrected chi connectivity index (χ1v) is 9.78. The van der Waals surface area contributed by atoms with E-state index in [1.54, 1.807) is 25.2 Å². The summed E-state index contributed by atoms with van der Waals surface area (Å²) in [5, 5.41) is 2.81. The molecule has 0 bridgehead atoms. The fourth-order valence-electron chi connectivity index (χ4n) is 3.80. The number of amides is 2. The van der Waals surface area contributed by atoms with E-state index in [4.69, 9.17) is 0 Å². The number of hydrogen-bond donors (Lipinski definition) is 1. The molecule has 2 aromatic carbocycles. The Labute approximate surface area is 166 Å². The molecule has 0 heterocycles. The zero-order chi connectivity index (χ0) is 19.4. The smallest absolute Gasteiger partial charge is 0.244 e. The molecule has 2 aromatic rings. The Hall–Kier alpha value is -2.21. The minimum absolute atomic E-state index is 0.0583. The van der Waals surface area contributed by atoms with Crippen molar-refractivity contribution in [3.8, 4) is 0 Å². The molecule has 0 aliphatic heterocycles. The number of nitrogens with one attached hydrogen (secondary N) is 1. The number of halogens is 2. The first kappa shape index (κ1) is 19.5. The molecule has 1 fully saturated rings. The van der Waals surface area contributed by atoms with Gasteiger partial charge in [-0.05, 0) is 58.6 Å². The third-order valence-corrected chi connectivity index (χ3v) is 5.81. The molecule has 1 aliphatic rings. The third-order valence-electron chi connectivity index (χ3n) is 5.12. The highest BCUT2D eigenvalue weighted by Gasteiger charge is 2.44. The zero-order valence-electron chi connectivity index (χ0n) is 15.2. The first-order chi connectivity index (χ1) is 12.9. The van der Waals surface area contributed by atoms with Gasteiger partial charge in [-0.3, -0.25) is 9.59 Å². The summed E-state index contributed by atoms with van der Waals surface area (Å²) in [4.78, 5) is 27.1. The average molecular weight is 433 g/mol. The van der Waals surface area contributed by atoms with E-state index < -0.39 is 5.41 Å². The summed E-state index contributed by atoms with van der Waals surface area (Å²) in [6.07, 6.45) is 3.18. The number of carbonyl (C=O) groups excluding carboxylic acids is 2. The van der Waals surface area contributed by atoms with Crippen molar-refractivity contribution in [3.63, 3.8) is 0 Å². The predicted octanol–water partition coefficient (Wildman–Crippen LogP) is 4.50. The van der Waals surface area contributed by atoms with Crippen LogP contribution in [0.5, 0.6) is 0 Å². The molecule has 6 heteroatoms. The third kappa shape index (κ3) is 4.21. The van der Waals surface area contributed by atoms with Crippen LogP contribution in [0.1, 0.15) is 31.2 Å². The average Bonchev–Trinajstić information content (AvgIpc) is 3.14. The number of benzene rings is 2. The SMILES string of the molecule is CN(CC(=O)Nc1ccccc1Br)C(=O)C1(c2cccc(F)c2)CCCC1. The summed E-state index contributed by atoms with van der Waals surface area (Å²) in [6, 6.07) is 13.6. The van der Waals surface area contributed by atoms with Crippen molar-refractivity contribution in [3.05, 3.63) is 64.4 Å². The maximum absolute atomic E-state index is 13.8. The van der Waals surface area contributed by atoms with Crippen molar-refractivity contribution in [1.29, 1.82) is 0 Å². The Kier molecular flexibility index (Phi) is 5.95. The summed E-state index contributed by atoms with van der Waals surface area (Å²) in [5.41, 5.74) is 0.608. The van der Waals surface area contributed by atoms with E-state index in [0.717, 1.165) is 17.3 Å². The summed E-state index contributed by atoms with van der Waals surface area (Å²) in [7, 11) is 1.63. The van der Waals surface area contributed by atoms with E-state index in [0.29, 0.717) is 24.1 Å². The number of hydrogen-bond acceptors (Lipinski definition) is 2. The van der Waals surface area contributed by atoms with E-state index in [-0.39, 0.29) is 24.2 Å². The lowest BCUT2D eigenvalue weighted by Crippen LogP contribution is -2.46. The number of nitrogens with zero attached hydrogens (tertiary/aromatic N) is 1. The molecular weight excluding hydrogens is 411 g/mol. The number of para-hydroxylation sites is 1. The summed E-state index contributed by atoms with van der Waals surface area (Å²) < 4.78 is 14.5. The van der Waals surface area contributed by atoms with Crippen LogP contribution in [0.15, 0.2) is 53.0 Å². The quantitative estimate of drug-likeness (QED) is 0.755. The van der Waals surface area contributed by atoms with Gasteiger partial charge >= 0.3 is 0 Å². The number of anilines is 1. The van der Waals surface area contributed by atoms with Gasteiger partial charge < -0.3 is 10.2 Å². The molecule has 0 atom stereocenters. The Morgan fingerprint density at radius 1 is 1.15 bits per heavy atom. The van der Waals surface area contributed by atoms with Gasteiger partial charge in [0, 0.05) is 11.5 Å². The highest BCUT2D eigenvalue weighted by atomic mass is 79.9. The van der Waals surface area contributed by atoms with Gasteiger partial charge in [0.2, 0.25) is 11.8 Å². The van der Waals surface area contributed by atoms with Crippen LogP contribution in [0, 0.1) is 5.82 Å². The van der Waals surface area contributed by atoms with Crippen LogP contribution in [-0.2, 0) is 15.0 Å². The van der Waals surface area contributed by atoms with Gasteiger partial charge in [0.25, 0.3) is 0 Å². The number of rotatable bonds is 5. The zero-order valence-corrected chi connectivity index (χ0v) is 16.8. The Bertz CT molecular complexity index is 850. The number of likely N-dealkylation sites (N-methyl/N-ethyl adjacent to an activating group) is 1. The normalized spacial score (nSPS) is 15.4. The minimum atomic E-state index is -0.746. The lowest BCUT2D eigenvalue weighted by atomic mass is 9.77. The largest absolute Gasteiger partial charge is 0.336 e. The second-order valence-electron chi connectivity index (χ2n) is 6.99. The molecule has 27 heavy (non-hydrogen) atoms. The summed E-state index contributed by atoms with van der Waals surface area (Å²) >= 11 is 3.39. The van der Waals surface area contributed by atoms with E-state index in [1.807, 2.05) is 18.2 Å². The van der Waals surface area contributed by atoms with Crippen LogP contribution >= 0.6 is 15.9 Å². The van der Waals surface area contributed by atoms with Gasteiger partial charge in [0.1, 0.15) is 5.82 Å². The summed E-state index contributed by atoms with van der Waals surface area (Å²) in [6.45, 7) is -0.0583. The molecule has 2 amide bonds. The van der Waals surface area contributed by atoms with Gasteiger partial charge in [-0.25, -0.2) is 4.39 Å². The second-order valence-corrected chi connectivity index (χ2v) is 7.84. The van der Waals surface area contributed by atoms with Crippen LogP contribution in [0.4, 0.5) is 10.1 Å². The fourth-order valence-corrected chi connectivity index (χ4v) is 4.18. The van der Waals surface area contributed by atoms with Crippen molar-refractivity contribution in [2.75, 3.05) is 18.9 Å². The second kappa shape index (κ2) is 8.21. The van der Waals surface area contributed by atoms with Gasteiger partial charge in [-0.2, -0.15) is 0 Å². The highest BCUT2D eigenvalue weighted by Crippen LogP contribution is 2.42. The molecule has 4 nitrogen and oxygen atoms in total. The molecule has 0 saturated heterocycles. The van der Waals surface area contributed by atoms with Gasteiger partial charge in [0.15, 0.2) is 0 Å². The van der Waals surface area contributed by atoms with Crippen molar-refractivity contribution >= 4 is 33.4 Å². The molecule has 3 rings (SSSR count). The molecule has 1 aliphatic carbocycles. The predicted molar refractivity (Wildman–Crippen MR) is 107 cm³/mol. The molecule has 0 radical (unpaired) electrons. The maximum Gasteiger partial charge on any atom is 0.244 e. The van der Waals surface area contributed by atoms with E-state index in [1.165, 1.54) is 17.0 Å². The Morgan fingerprint density at radius 3 is 2.52 bits per heavy atom. The van der Waals surface area contributed by atoms with Crippen LogP contribution < -0.4 is 5.32 Å². The van der Waals surface area contributed by atoms with Crippen LogP contribution in [0.25, 0.3) is 0 Å². The van der Waals surface area contributed by atoms with Crippen molar-refractivity contribution in [2.24, 2.45) is 0 Å². The standard InChI is InChI=1S/C21H22BrFN2O2/c1-25(14-19(26)24-18-10-3-2-9-17(18)22)20(27)21(11-4-5-12-21)15-7-6-8-16(23)13-15/h2-3,6-10,13H,4-5,11-12,14H2,1H3,(H,24,26). The lowest BCUT2D eigenvalue weighted by molar-refractivity contribution is -0.138. The van der Waals surface area contributed by atoms with Crippen LogP contribution in [-0.4, -0.2) is 30.3 Å². The van der Waals surface area contributed by atoms with E-state index >= 15 is 0 Å². The van der Waals surface area contributed by atoms with E-state index in [9.17, 15) is 14.0 Å². The molecule has 0 unspecified atom stereocenters. The van der Waals surface area contributed by atoms with Crippen molar-refractivity contribution < 1.29 is 14.0 Å². The summed E-state index contributed by atoms with van der Waals surface area (Å²) in [5.74, 6) is -0.751. The monoisotopic (exact) mass is 432 g/mol. The fraction of sp³-hybridized carbons (Fsp3) is 0.333. The highest BCUT2D eigenvalue weighted by molar-refractivity contribution is 9.10. The van der Waals surface area contributed by atoms with Crippen LogP contribution in [0.2, 0.25) is 0 Å². The Balaban J connectivity index is 1.75. The molecule has 1 saturated carbocycles. The number of carbonyl (C=O) groups is 2. The molecule has 142 valence electrons. The molecule has 1 N–H and O–H groups in total.